The maximum atomic E-state index is 13.1. The Morgan fingerprint density at radius 1 is 1.00 bits per heavy atom. The molecule has 27 heavy (non-hydrogen) atoms. The number of pyridine rings is 1. The molecule has 0 bridgehead atoms. The molecule has 1 heterocycles. The zero-order chi connectivity index (χ0) is 19.4. The molecule has 0 aliphatic rings. The average molecular weight is 384 g/mol. The first-order chi connectivity index (χ1) is 12.9. The number of benzene rings is 2. The van der Waals surface area contributed by atoms with Crippen molar-refractivity contribution in [2.24, 2.45) is 0 Å². The minimum atomic E-state index is -0.721. The van der Waals surface area contributed by atoms with E-state index in [-0.39, 0.29) is 22.2 Å². The standard InChI is InChI=1S/C20H15ClFN3O2/c1-12-15(13-6-8-14(22)9-7-13)10-11-18(23-12)24-20(27)25-19(26)16-4-2-3-5-17(16)21/h2-11H,1H3,(H2,23,24,25,26,27). The number of aryl methyl sites for hydroxylation is 1. The largest absolute Gasteiger partial charge is 0.327 e. The molecule has 0 atom stereocenters. The van der Waals surface area contributed by atoms with E-state index < -0.39 is 11.9 Å². The number of hydrogen-bond acceptors (Lipinski definition) is 3. The lowest BCUT2D eigenvalue weighted by Crippen LogP contribution is -2.34. The Kier molecular flexibility index (Phi) is 5.47. The predicted octanol–water partition coefficient (Wildman–Crippen LogP) is 4.81. The third kappa shape index (κ3) is 4.48. The Hall–Kier alpha value is -3.25. The summed E-state index contributed by atoms with van der Waals surface area (Å²) in [5, 5.41) is 4.96. The summed E-state index contributed by atoms with van der Waals surface area (Å²) in [5.41, 5.74) is 2.47. The van der Waals surface area contributed by atoms with Gasteiger partial charge in [-0.15, -0.1) is 0 Å². The van der Waals surface area contributed by atoms with Crippen LogP contribution in [0.25, 0.3) is 11.1 Å². The molecule has 5 nitrogen and oxygen atoms in total. The molecule has 2 N–H and O–H groups in total. The van der Waals surface area contributed by atoms with Gasteiger partial charge in [-0.25, -0.2) is 14.2 Å². The number of aromatic nitrogens is 1. The van der Waals surface area contributed by atoms with Crippen molar-refractivity contribution >= 4 is 29.4 Å². The van der Waals surface area contributed by atoms with Crippen LogP contribution in [0, 0.1) is 12.7 Å². The molecule has 3 rings (SSSR count). The van der Waals surface area contributed by atoms with E-state index in [9.17, 15) is 14.0 Å². The predicted molar refractivity (Wildman–Crippen MR) is 102 cm³/mol. The molecule has 136 valence electrons. The van der Waals surface area contributed by atoms with Gasteiger partial charge in [0.05, 0.1) is 10.6 Å². The number of imide groups is 1. The van der Waals surface area contributed by atoms with Gasteiger partial charge in [0.25, 0.3) is 5.91 Å². The number of nitrogens with one attached hydrogen (secondary N) is 2. The summed E-state index contributed by atoms with van der Waals surface area (Å²) in [6.07, 6.45) is 0. The smallest absolute Gasteiger partial charge is 0.292 e. The fraction of sp³-hybridized carbons (Fsp3) is 0.0500. The van der Waals surface area contributed by atoms with Crippen molar-refractivity contribution in [2.75, 3.05) is 5.32 Å². The van der Waals surface area contributed by atoms with Gasteiger partial charge in [-0.2, -0.15) is 0 Å². The normalized spacial score (nSPS) is 10.3. The Bertz CT molecular complexity index is 1010. The first-order valence-corrected chi connectivity index (χ1v) is 8.42. The van der Waals surface area contributed by atoms with E-state index in [1.807, 2.05) is 0 Å². The quantitative estimate of drug-likeness (QED) is 0.681. The molecule has 3 aromatic rings. The van der Waals surface area contributed by atoms with Gasteiger partial charge in [0.1, 0.15) is 11.6 Å². The number of carbonyl (C=O) groups is 2. The monoisotopic (exact) mass is 383 g/mol. The van der Waals surface area contributed by atoms with Crippen molar-refractivity contribution in [2.45, 2.75) is 6.92 Å². The summed E-state index contributed by atoms with van der Waals surface area (Å²) in [4.78, 5) is 28.4. The third-order valence-electron chi connectivity index (χ3n) is 3.83. The van der Waals surface area contributed by atoms with Gasteiger partial charge in [-0.3, -0.25) is 15.4 Å². The second-order valence-electron chi connectivity index (χ2n) is 5.72. The van der Waals surface area contributed by atoms with Gasteiger partial charge in [0.2, 0.25) is 0 Å². The first kappa shape index (κ1) is 18.5. The molecule has 0 fully saturated rings. The second kappa shape index (κ2) is 7.97. The summed E-state index contributed by atoms with van der Waals surface area (Å²) in [7, 11) is 0. The van der Waals surface area contributed by atoms with E-state index in [0.717, 1.165) is 11.1 Å². The van der Waals surface area contributed by atoms with Crippen LogP contribution in [0.15, 0.2) is 60.7 Å². The minimum Gasteiger partial charge on any atom is -0.292 e. The number of hydrogen-bond donors (Lipinski definition) is 2. The number of rotatable bonds is 3. The molecule has 0 saturated heterocycles. The molecule has 1 aromatic heterocycles. The van der Waals surface area contributed by atoms with Crippen LogP contribution in [-0.2, 0) is 0 Å². The zero-order valence-corrected chi connectivity index (χ0v) is 15.0. The SMILES string of the molecule is Cc1nc(NC(=O)NC(=O)c2ccccc2Cl)ccc1-c1ccc(F)cc1. The van der Waals surface area contributed by atoms with Gasteiger partial charge in [0, 0.05) is 11.3 Å². The molecule has 0 aliphatic carbocycles. The topological polar surface area (TPSA) is 71.1 Å². The van der Waals surface area contributed by atoms with Crippen molar-refractivity contribution in [3.63, 3.8) is 0 Å². The summed E-state index contributed by atoms with van der Waals surface area (Å²) >= 11 is 5.94. The van der Waals surface area contributed by atoms with Gasteiger partial charge in [-0.1, -0.05) is 35.9 Å². The highest BCUT2D eigenvalue weighted by Gasteiger charge is 2.14. The van der Waals surface area contributed by atoms with Gasteiger partial charge in [0.15, 0.2) is 0 Å². The van der Waals surface area contributed by atoms with E-state index in [4.69, 9.17) is 11.6 Å². The van der Waals surface area contributed by atoms with Crippen LogP contribution in [0.4, 0.5) is 15.0 Å². The number of amides is 3. The summed E-state index contributed by atoms with van der Waals surface area (Å²) < 4.78 is 13.1. The highest BCUT2D eigenvalue weighted by molar-refractivity contribution is 6.34. The second-order valence-corrected chi connectivity index (χ2v) is 6.13. The Balaban J connectivity index is 1.69. The van der Waals surface area contributed by atoms with E-state index in [0.29, 0.717) is 5.69 Å². The molecular weight excluding hydrogens is 369 g/mol. The molecule has 0 radical (unpaired) electrons. The fourth-order valence-electron chi connectivity index (χ4n) is 2.53. The summed E-state index contributed by atoms with van der Waals surface area (Å²) in [6, 6.07) is 15.1. The van der Waals surface area contributed by atoms with Crippen LogP contribution >= 0.6 is 11.6 Å². The lowest BCUT2D eigenvalue weighted by Gasteiger charge is -2.10. The van der Waals surface area contributed by atoms with Crippen molar-refractivity contribution in [1.82, 2.24) is 10.3 Å². The summed E-state index contributed by atoms with van der Waals surface area (Å²) in [5.74, 6) is -0.650. The Morgan fingerprint density at radius 3 is 2.37 bits per heavy atom. The van der Waals surface area contributed by atoms with Crippen LogP contribution < -0.4 is 10.6 Å². The molecule has 2 aromatic carbocycles. The Labute approximate surface area is 160 Å². The number of anilines is 1. The average Bonchev–Trinajstić information content (AvgIpc) is 2.63. The van der Waals surface area contributed by atoms with Gasteiger partial charge >= 0.3 is 6.03 Å². The molecule has 0 aliphatic heterocycles. The third-order valence-corrected chi connectivity index (χ3v) is 4.16. The van der Waals surface area contributed by atoms with E-state index in [2.05, 4.69) is 15.6 Å². The van der Waals surface area contributed by atoms with Crippen molar-refractivity contribution in [1.29, 1.82) is 0 Å². The zero-order valence-electron chi connectivity index (χ0n) is 14.3. The lowest BCUT2D eigenvalue weighted by molar-refractivity contribution is 0.0967. The highest BCUT2D eigenvalue weighted by atomic mass is 35.5. The van der Waals surface area contributed by atoms with Crippen LogP contribution in [0.5, 0.6) is 0 Å². The minimum absolute atomic E-state index is 0.199. The molecule has 3 amide bonds. The molecule has 7 heteroatoms. The number of halogens is 2. The maximum absolute atomic E-state index is 13.1. The van der Waals surface area contributed by atoms with Crippen LogP contribution in [0.1, 0.15) is 16.1 Å². The highest BCUT2D eigenvalue weighted by Crippen LogP contribution is 2.24. The number of urea groups is 1. The van der Waals surface area contributed by atoms with E-state index in [1.165, 1.54) is 18.2 Å². The van der Waals surface area contributed by atoms with Gasteiger partial charge in [-0.05, 0) is 48.9 Å². The molecule has 0 unspecified atom stereocenters. The van der Waals surface area contributed by atoms with Gasteiger partial charge < -0.3 is 0 Å². The Morgan fingerprint density at radius 2 is 1.70 bits per heavy atom. The van der Waals surface area contributed by atoms with Crippen molar-refractivity contribution < 1.29 is 14.0 Å². The number of nitrogens with zero attached hydrogens (tertiary/aromatic N) is 1. The molecular formula is C20H15ClFN3O2. The molecule has 0 spiro atoms. The maximum Gasteiger partial charge on any atom is 0.327 e. The van der Waals surface area contributed by atoms with Crippen LogP contribution in [-0.4, -0.2) is 16.9 Å². The van der Waals surface area contributed by atoms with E-state index in [1.54, 1.807) is 49.4 Å². The van der Waals surface area contributed by atoms with Crippen LogP contribution in [0.3, 0.4) is 0 Å². The first-order valence-electron chi connectivity index (χ1n) is 8.04. The fourth-order valence-corrected chi connectivity index (χ4v) is 2.75. The van der Waals surface area contributed by atoms with Crippen LogP contribution in [0.2, 0.25) is 5.02 Å². The lowest BCUT2D eigenvalue weighted by atomic mass is 10.0. The van der Waals surface area contributed by atoms with E-state index >= 15 is 0 Å². The van der Waals surface area contributed by atoms with Crippen molar-refractivity contribution in [3.05, 3.63) is 82.8 Å². The van der Waals surface area contributed by atoms with Crippen molar-refractivity contribution in [3.8, 4) is 11.1 Å². The number of carbonyl (C=O) groups excluding carboxylic acids is 2. The molecule has 0 saturated carbocycles. The summed E-state index contributed by atoms with van der Waals surface area (Å²) in [6.45, 7) is 1.77.